The molecule has 0 aliphatic heterocycles. The Morgan fingerprint density at radius 1 is 0.759 bits per heavy atom. The first-order valence-electron chi connectivity index (χ1n) is 10.0. The van der Waals surface area contributed by atoms with Gasteiger partial charge in [0.25, 0.3) is 0 Å². The molecule has 0 saturated heterocycles. The molecule has 0 aliphatic rings. The maximum atomic E-state index is 15.0. The standard InChI is InChI=1S/C28H23F/c1-3-4-21-9-12-23(13-10-21)25-17-18-27-26(19-25)16-15-24(28(27)29)14-11-22-7-5-20(2)6-8-22/h5-10,12-13,15-19H,3-4H2,1-2H3. The number of hydrogen-bond donors (Lipinski definition) is 0. The number of rotatable bonds is 3. The summed E-state index contributed by atoms with van der Waals surface area (Å²) in [5.41, 5.74) is 6.09. The van der Waals surface area contributed by atoms with Crippen LogP contribution in [0.25, 0.3) is 21.9 Å². The van der Waals surface area contributed by atoms with Crippen LogP contribution in [0.1, 0.15) is 35.6 Å². The van der Waals surface area contributed by atoms with Crippen molar-refractivity contribution >= 4 is 10.8 Å². The Balaban J connectivity index is 1.66. The van der Waals surface area contributed by atoms with Gasteiger partial charge in [-0.1, -0.05) is 85.3 Å². The molecule has 0 aliphatic carbocycles. The molecular weight excluding hydrogens is 355 g/mol. The molecule has 1 heteroatoms. The summed E-state index contributed by atoms with van der Waals surface area (Å²) in [5.74, 6) is 5.78. The lowest BCUT2D eigenvalue weighted by molar-refractivity contribution is 0.636. The zero-order valence-electron chi connectivity index (χ0n) is 16.8. The summed E-state index contributed by atoms with van der Waals surface area (Å²) in [6.45, 7) is 4.22. The second-order valence-electron chi connectivity index (χ2n) is 7.43. The van der Waals surface area contributed by atoms with Gasteiger partial charge in [-0.05, 0) is 59.7 Å². The zero-order chi connectivity index (χ0) is 20.2. The Bertz CT molecular complexity index is 1200. The van der Waals surface area contributed by atoms with Crippen LogP contribution in [-0.2, 0) is 6.42 Å². The molecule has 0 radical (unpaired) electrons. The predicted octanol–water partition coefficient (Wildman–Crippen LogP) is 7.31. The van der Waals surface area contributed by atoms with Gasteiger partial charge in [0.2, 0.25) is 0 Å². The smallest absolute Gasteiger partial charge is 0.146 e. The lowest BCUT2D eigenvalue weighted by atomic mass is 9.98. The maximum Gasteiger partial charge on any atom is 0.146 e. The van der Waals surface area contributed by atoms with Crippen molar-refractivity contribution in [1.82, 2.24) is 0 Å². The molecule has 0 fully saturated rings. The third-order valence-electron chi connectivity index (χ3n) is 5.17. The summed E-state index contributed by atoms with van der Waals surface area (Å²) in [5, 5.41) is 1.49. The van der Waals surface area contributed by atoms with Gasteiger partial charge >= 0.3 is 0 Å². The van der Waals surface area contributed by atoms with E-state index in [1.165, 1.54) is 11.1 Å². The van der Waals surface area contributed by atoms with Crippen molar-refractivity contribution in [2.45, 2.75) is 26.7 Å². The Kier molecular flexibility index (Phi) is 5.45. The maximum absolute atomic E-state index is 15.0. The van der Waals surface area contributed by atoms with Crippen LogP contribution in [0, 0.1) is 24.6 Å². The fraction of sp³-hybridized carbons (Fsp3) is 0.143. The highest BCUT2D eigenvalue weighted by molar-refractivity contribution is 5.89. The van der Waals surface area contributed by atoms with E-state index in [2.05, 4.69) is 43.0 Å². The van der Waals surface area contributed by atoms with E-state index >= 15 is 4.39 Å². The highest BCUT2D eigenvalue weighted by Gasteiger charge is 2.07. The summed E-state index contributed by atoms with van der Waals surface area (Å²) >= 11 is 0. The fourth-order valence-corrected chi connectivity index (χ4v) is 3.50. The summed E-state index contributed by atoms with van der Waals surface area (Å²) < 4.78 is 15.0. The van der Waals surface area contributed by atoms with Crippen molar-refractivity contribution in [2.24, 2.45) is 0 Å². The van der Waals surface area contributed by atoms with E-state index in [9.17, 15) is 0 Å². The van der Waals surface area contributed by atoms with Gasteiger partial charge < -0.3 is 0 Å². The van der Waals surface area contributed by atoms with E-state index in [4.69, 9.17) is 0 Å². The molecule has 0 nitrogen and oxygen atoms in total. The fourth-order valence-electron chi connectivity index (χ4n) is 3.50. The SMILES string of the molecule is CCCc1ccc(-c2ccc3c(F)c(C#Cc4ccc(C)cc4)ccc3c2)cc1. The topological polar surface area (TPSA) is 0 Å². The van der Waals surface area contributed by atoms with Gasteiger partial charge in [-0.2, -0.15) is 0 Å². The third kappa shape index (κ3) is 4.23. The molecule has 4 aromatic rings. The molecule has 0 spiro atoms. The third-order valence-corrected chi connectivity index (χ3v) is 5.17. The quantitative estimate of drug-likeness (QED) is 0.328. The number of benzene rings is 4. The van der Waals surface area contributed by atoms with E-state index in [1.54, 1.807) is 6.07 Å². The molecule has 0 aromatic heterocycles. The Labute approximate surface area is 172 Å². The predicted molar refractivity (Wildman–Crippen MR) is 120 cm³/mol. The molecule has 0 amide bonds. The van der Waals surface area contributed by atoms with Crippen molar-refractivity contribution in [3.63, 3.8) is 0 Å². The molecular formula is C28H23F. The van der Waals surface area contributed by atoms with Gasteiger partial charge in [-0.25, -0.2) is 4.39 Å². The van der Waals surface area contributed by atoms with Crippen LogP contribution >= 0.6 is 0 Å². The van der Waals surface area contributed by atoms with E-state index in [0.29, 0.717) is 10.9 Å². The molecule has 0 heterocycles. The first kappa shape index (κ1) is 19.0. The average molecular weight is 378 g/mol. The first-order chi connectivity index (χ1) is 14.1. The summed E-state index contributed by atoms with van der Waals surface area (Å²) in [6.07, 6.45) is 2.24. The Hall–Kier alpha value is -3.37. The molecule has 0 atom stereocenters. The second-order valence-corrected chi connectivity index (χ2v) is 7.43. The van der Waals surface area contributed by atoms with E-state index in [0.717, 1.165) is 34.9 Å². The normalized spacial score (nSPS) is 10.6. The Morgan fingerprint density at radius 3 is 2.21 bits per heavy atom. The van der Waals surface area contributed by atoms with Crippen LogP contribution < -0.4 is 0 Å². The van der Waals surface area contributed by atoms with Crippen molar-refractivity contribution in [3.8, 4) is 23.0 Å². The molecule has 0 saturated carbocycles. The van der Waals surface area contributed by atoms with Gasteiger partial charge in [0, 0.05) is 10.9 Å². The molecule has 0 bridgehead atoms. The van der Waals surface area contributed by atoms with Crippen LogP contribution in [0.15, 0.2) is 78.9 Å². The van der Waals surface area contributed by atoms with Gasteiger partial charge in [-0.15, -0.1) is 0 Å². The van der Waals surface area contributed by atoms with Crippen LogP contribution in [0.4, 0.5) is 4.39 Å². The molecule has 4 rings (SSSR count). The van der Waals surface area contributed by atoms with Gasteiger partial charge in [0.1, 0.15) is 5.82 Å². The molecule has 142 valence electrons. The zero-order valence-corrected chi connectivity index (χ0v) is 16.8. The summed E-state index contributed by atoms with van der Waals surface area (Å²) in [7, 11) is 0. The van der Waals surface area contributed by atoms with Crippen LogP contribution in [0.2, 0.25) is 0 Å². The molecule has 29 heavy (non-hydrogen) atoms. The molecule has 0 unspecified atom stereocenters. The summed E-state index contributed by atoms with van der Waals surface area (Å²) in [6, 6.07) is 26.2. The number of halogens is 1. The van der Waals surface area contributed by atoms with E-state index in [-0.39, 0.29) is 5.82 Å². The number of fused-ring (bicyclic) bond motifs is 1. The van der Waals surface area contributed by atoms with Gasteiger partial charge in [0.15, 0.2) is 0 Å². The van der Waals surface area contributed by atoms with Crippen molar-refractivity contribution in [2.75, 3.05) is 0 Å². The lowest BCUT2D eigenvalue weighted by Crippen LogP contribution is -1.88. The number of aryl methyl sites for hydroxylation is 2. The minimum absolute atomic E-state index is 0.257. The van der Waals surface area contributed by atoms with Crippen LogP contribution in [-0.4, -0.2) is 0 Å². The largest absolute Gasteiger partial charge is 0.205 e. The van der Waals surface area contributed by atoms with E-state index < -0.39 is 0 Å². The van der Waals surface area contributed by atoms with Gasteiger partial charge in [-0.3, -0.25) is 0 Å². The van der Waals surface area contributed by atoms with Gasteiger partial charge in [0.05, 0.1) is 5.56 Å². The van der Waals surface area contributed by atoms with E-state index in [1.807, 2.05) is 55.5 Å². The van der Waals surface area contributed by atoms with Crippen LogP contribution in [0.3, 0.4) is 0 Å². The minimum Gasteiger partial charge on any atom is -0.205 e. The highest BCUT2D eigenvalue weighted by Crippen LogP contribution is 2.27. The monoisotopic (exact) mass is 378 g/mol. The Morgan fingerprint density at radius 2 is 1.48 bits per heavy atom. The summed E-state index contributed by atoms with van der Waals surface area (Å²) in [4.78, 5) is 0. The van der Waals surface area contributed by atoms with Crippen molar-refractivity contribution < 1.29 is 4.39 Å². The molecule has 0 N–H and O–H groups in total. The lowest BCUT2D eigenvalue weighted by Gasteiger charge is -2.07. The van der Waals surface area contributed by atoms with Crippen molar-refractivity contribution in [1.29, 1.82) is 0 Å². The minimum atomic E-state index is -0.257. The highest BCUT2D eigenvalue weighted by atomic mass is 19.1. The first-order valence-corrected chi connectivity index (χ1v) is 10.0. The van der Waals surface area contributed by atoms with Crippen LogP contribution in [0.5, 0.6) is 0 Å². The average Bonchev–Trinajstić information content (AvgIpc) is 2.75. The van der Waals surface area contributed by atoms with Crippen molar-refractivity contribution in [3.05, 3.63) is 107 Å². The molecule has 4 aromatic carbocycles. The second kappa shape index (κ2) is 8.33. The number of hydrogen-bond acceptors (Lipinski definition) is 0.